The van der Waals surface area contributed by atoms with Crippen molar-refractivity contribution >= 4 is 12.2 Å². The number of nitrogens with zero attached hydrogens (tertiary/aromatic N) is 2. The predicted molar refractivity (Wildman–Crippen MR) is 97.2 cm³/mol. The van der Waals surface area contributed by atoms with Gasteiger partial charge in [-0.2, -0.15) is 0 Å². The molecule has 1 aliphatic rings. The number of carbonyl (C=O) groups is 2. The molecule has 26 heavy (non-hydrogen) atoms. The van der Waals surface area contributed by atoms with E-state index in [2.05, 4.69) is 6.58 Å². The molecule has 2 N–H and O–H groups in total. The van der Waals surface area contributed by atoms with E-state index < -0.39 is 12.2 Å². The topological polar surface area (TPSA) is 90.3 Å². The van der Waals surface area contributed by atoms with Crippen LogP contribution in [0.5, 0.6) is 0 Å². The molecule has 1 aromatic carbocycles. The second-order valence-electron chi connectivity index (χ2n) is 6.49. The molecule has 0 aromatic heterocycles. The second-order valence-corrected chi connectivity index (χ2v) is 6.49. The van der Waals surface area contributed by atoms with Gasteiger partial charge in [-0.05, 0) is 24.8 Å². The minimum Gasteiger partial charge on any atom is -0.465 e. The first-order valence-corrected chi connectivity index (χ1v) is 8.63. The molecule has 0 spiro atoms. The average molecular weight is 362 g/mol. The van der Waals surface area contributed by atoms with Gasteiger partial charge in [0.2, 0.25) is 0 Å². The second kappa shape index (κ2) is 9.24. The summed E-state index contributed by atoms with van der Waals surface area (Å²) in [5, 5.41) is 19.2. The van der Waals surface area contributed by atoms with Crippen molar-refractivity contribution in [2.45, 2.75) is 44.0 Å². The Balaban J connectivity index is 2.21. The minimum atomic E-state index is -1.03. The highest BCUT2D eigenvalue weighted by molar-refractivity contribution is 5.66. The van der Waals surface area contributed by atoms with E-state index >= 15 is 0 Å². The van der Waals surface area contributed by atoms with Gasteiger partial charge < -0.3 is 24.7 Å². The van der Waals surface area contributed by atoms with E-state index in [9.17, 15) is 19.8 Å². The SMILES string of the molecule is C=CCN(C(=O)O)[C@@H]1C[C@H](OC)C[C@H](N(Cc2ccccc2)C(=O)O)C1. The molecule has 2 rings (SSSR count). The molecule has 142 valence electrons. The fraction of sp³-hybridized carbons (Fsp3) is 0.474. The molecule has 1 fully saturated rings. The van der Waals surface area contributed by atoms with Crippen LogP contribution in [-0.2, 0) is 11.3 Å². The Labute approximate surface area is 153 Å². The number of carboxylic acid groups (broad SMARTS) is 2. The van der Waals surface area contributed by atoms with Gasteiger partial charge in [0, 0.05) is 32.3 Å². The molecule has 2 amide bonds. The molecule has 0 heterocycles. The van der Waals surface area contributed by atoms with Crippen LogP contribution in [-0.4, -0.2) is 64.0 Å². The van der Waals surface area contributed by atoms with Crippen LogP contribution in [0.2, 0.25) is 0 Å². The van der Waals surface area contributed by atoms with E-state index in [0.717, 1.165) is 5.56 Å². The average Bonchev–Trinajstić information content (AvgIpc) is 2.64. The highest BCUT2D eigenvalue weighted by Gasteiger charge is 2.38. The molecular formula is C19H26N2O5. The van der Waals surface area contributed by atoms with Crippen LogP contribution in [0.1, 0.15) is 24.8 Å². The van der Waals surface area contributed by atoms with Crippen LogP contribution >= 0.6 is 0 Å². The van der Waals surface area contributed by atoms with Crippen LogP contribution in [0.4, 0.5) is 9.59 Å². The molecule has 0 radical (unpaired) electrons. The molecule has 3 atom stereocenters. The number of rotatable bonds is 7. The number of methoxy groups -OCH3 is 1. The molecule has 7 nitrogen and oxygen atoms in total. The third-order valence-corrected chi connectivity index (χ3v) is 4.84. The summed E-state index contributed by atoms with van der Waals surface area (Å²) < 4.78 is 5.47. The normalized spacial score (nSPS) is 22.4. The quantitative estimate of drug-likeness (QED) is 0.727. The van der Waals surface area contributed by atoms with E-state index in [-0.39, 0.29) is 31.3 Å². The standard InChI is InChI=1S/C19H26N2O5/c1-3-9-20(18(22)23)15-10-16(12-17(11-15)26-2)21(19(24)25)13-14-7-5-4-6-8-14/h3-8,15-17H,1,9-13H2,2H3,(H,22,23)(H,24,25)/t15-,16+,17-/m0/s1. The van der Waals surface area contributed by atoms with Crippen molar-refractivity contribution in [3.63, 3.8) is 0 Å². The van der Waals surface area contributed by atoms with Gasteiger partial charge in [-0.3, -0.25) is 0 Å². The number of ether oxygens (including phenoxy) is 1. The molecule has 1 aliphatic carbocycles. The molecule has 0 unspecified atom stereocenters. The summed E-state index contributed by atoms with van der Waals surface area (Å²) in [6, 6.07) is 8.75. The van der Waals surface area contributed by atoms with Gasteiger partial charge in [-0.15, -0.1) is 6.58 Å². The van der Waals surface area contributed by atoms with Gasteiger partial charge in [-0.1, -0.05) is 36.4 Å². The summed E-state index contributed by atoms with van der Waals surface area (Å²) in [4.78, 5) is 26.2. The molecule has 0 bridgehead atoms. The van der Waals surface area contributed by atoms with E-state index in [1.54, 1.807) is 13.2 Å². The van der Waals surface area contributed by atoms with Gasteiger partial charge in [0.1, 0.15) is 0 Å². The Morgan fingerprint density at radius 3 is 2.19 bits per heavy atom. The predicted octanol–water partition coefficient (Wildman–Crippen LogP) is 3.27. The number of benzene rings is 1. The number of amides is 2. The Bertz CT molecular complexity index is 622. The van der Waals surface area contributed by atoms with Crippen LogP contribution < -0.4 is 0 Å². The van der Waals surface area contributed by atoms with Gasteiger partial charge >= 0.3 is 12.2 Å². The van der Waals surface area contributed by atoms with E-state index in [1.165, 1.54) is 9.80 Å². The van der Waals surface area contributed by atoms with Crippen molar-refractivity contribution in [1.82, 2.24) is 9.80 Å². The molecule has 0 aliphatic heterocycles. The van der Waals surface area contributed by atoms with Gasteiger partial charge in [-0.25, -0.2) is 9.59 Å². The minimum absolute atomic E-state index is 0.192. The van der Waals surface area contributed by atoms with Crippen molar-refractivity contribution < 1.29 is 24.5 Å². The zero-order valence-corrected chi connectivity index (χ0v) is 15.0. The lowest BCUT2D eigenvalue weighted by Crippen LogP contribution is -2.52. The molecule has 1 saturated carbocycles. The first kappa shape index (κ1) is 19.8. The lowest BCUT2D eigenvalue weighted by atomic mass is 9.86. The van der Waals surface area contributed by atoms with Crippen molar-refractivity contribution in [3.05, 3.63) is 48.6 Å². The molecular weight excluding hydrogens is 336 g/mol. The first-order valence-electron chi connectivity index (χ1n) is 8.63. The van der Waals surface area contributed by atoms with Gasteiger partial charge in [0.05, 0.1) is 6.10 Å². The zero-order valence-electron chi connectivity index (χ0n) is 15.0. The maximum absolute atomic E-state index is 11.9. The largest absolute Gasteiger partial charge is 0.465 e. The number of hydrogen-bond donors (Lipinski definition) is 2. The molecule has 0 saturated heterocycles. The summed E-state index contributed by atoms with van der Waals surface area (Å²) in [5.41, 5.74) is 0.896. The molecule has 7 heteroatoms. The fourth-order valence-corrected chi connectivity index (χ4v) is 3.57. The Morgan fingerprint density at radius 2 is 1.69 bits per heavy atom. The Hall–Kier alpha value is -2.54. The van der Waals surface area contributed by atoms with E-state index in [4.69, 9.17) is 4.74 Å². The van der Waals surface area contributed by atoms with Gasteiger partial charge in [0.15, 0.2) is 0 Å². The zero-order chi connectivity index (χ0) is 19.1. The Kier molecular flexibility index (Phi) is 7.03. The van der Waals surface area contributed by atoms with Crippen molar-refractivity contribution in [2.75, 3.05) is 13.7 Å². The smallest absolute Gasteiger partial charge is 0.407 e. The monoisotopic (exact) mass is 362 g/mol. The van der Waals surface area contributed by atoms with Crippen LogP contribution in [0.15, 0.2) is 43.0 Å². The highest BCUT2D eigenvalue weighted by Crippen LogP contribution is 2.30. The maximum atomic E-state index is 11.9. The van der Waals surface area contributed by atoms with E-state index in [1.807, 2.05) is 30.3 Å². The maximum Gasteiger partial charge on any atom is 0.407 e. The van der Waals surface area contributed by atoms with Crippen molar-refractivity contribution in [2.24, 2.45) is 0 Å². The summed E-state index contributed by atoms with van der Waals surface area (Å²) >= 11 is 0. The van der Waals surface area contributed by atoms with Crippen LogP contribution in [0, 0.1) is 0 Å². The summed E-state index contributed by atoms with van der Waals surface area (Å²) in [5.74, 6) is 0. The fourth-order valence-electron chi connectivity index (χ4n) is 3.57. The highest BCUT2D eigenvalue weighted by atomic mass is 16.5. The first-order chi connectivity index (χ1) is 12.5. The third-order valence-electron chi connectivity index (χ3n) is 4.84. The lowest BCUT2D eigenvalue weighted by molar-refractivity contribution is -0.00449. The number of hydrogen-bond acceptors (Lipinski definition) is 3. The van der Waals surface area contributed by atoms with Crippen molar-refractivity contribution in [3.8, 4) is 0 Å². The third kappa shape index (κ3) is 4.98. The Morgan fingerprint density at radius 1 is 1.12 bits per heavy atom. The summed E-state index contributed by atoms with van der Waals surface area (Å²) in [7, 11) is 1.57. The molecule has 1 aromatic rings. The van der Waals surface area contributed by atoms with Gasteiger partial charge in [0.25, 0.3) is 0 Å². The summed E-state index contributed by atoms with van der Waals surface area (Å²) in [6.07, 6.45) is 0.843. The summed E-state index contributed by atoms with van der Waals surface area (Å²) in [6.45, 7) is 4.08. The van der Waals surface area contributed by atoms with E-state index in [0.29, 0.717) is 19.3 Å². The van der Waals surface area contributed by atoms with Crippen molar-refractivity contribution in [1.29, 1.82) is 0 Å². The van der Waals surface area contributed by atoms with Crippen LogP contribution in [0.25, 0.3) is 0 Å². The van der Waals surface area contributed by atoms with Crippen LogP contribution in [0.3, 0.4) is 0 Å². The lowest BCUT2D eigenvalue weighted by Gasteiger charge is -2.42.